The van der Waals surface area contributed by atoms with Gasteiger partial charge in [-0.15, -0.1) is 0 Å². The molecular weight excluding hydrogens is 390 g/mol. The summed E-state index contributed by atoms with van der Waals surface area (Å²) in [6.45, 7) is 2.66. The van der Waals surface area contributed by atoms with E-state index in [-0.39, 0.29) is 29.3 Å². The second-order valence-corrected chi connectivity index (χ2v) is 7.47. The van der Waals surface area contributed by atoms with E-state index >= 15 is 0 Å². The highest BCUT2D eigenvalue weighted by Gasteiger charge is 2.21. The monoisotopic (exact) mass is 418 g/mol. The number of carbonyl (C=O) groups excluding carboxylic acids is 1. The fourth-order valence-electron chi connectivity index (χ4n) is 3.58. The molecule has 0 spiro atoms. The standard InChI is InChI=1S/C23H28F2N2O3/c1-29-21-9-8-17(15-20(21)25)16-27-12-10-18(11-13-27)26-23(28)7-4-14-30-22-6-3-2-5-19(22)24/h2-3,5-6,8-9,15,18H,4,7,10-14,16H2,1H3,(H,26,28). The Hall–Kier alpha value is -2.67. The zero-order chi connectivity index (χ0) is 21.3. The van der Waals surface area contributed by atoms with E-state index in [4.69, 9.17) is 9.47 Å². The summed E-state index contributed by atoms with van der Waals surface area (Å²) < 4.78 is 37.6. The average Bonchev–Trinajstić information content (AvgIpc) is 2.74. The topological polar surface area (TPSA) is 50.8 Å². The summed E-state index contributed by atoms with van der Waals surface area (Å²) in [4.78, 5) is 14.4. The number of nitrogens with one attached hydrogen (secondary N) is 1. The van der Waals surface area contributed by atoms with E-state index < -0.39 is 5.82 Å². The Bertz CT molecular complexity index is 839. The largest absolute Gasteiger partial charge is 0.494 e. The summed E-state index contributed by atoms with van der Waals surface area (Å²) in [5.41, 5.74) is 0.908. The molecular formula is C23H28F2N2O3. The first-order valence-electron chi connectivity index (χ1n) is 10.3. The Kier molecular flexibility index (Phi) is 8.02. The van der Waals surface area contributed by atoms with Gasteiger partial charge in [-0.25, -0.2) is 8.78 Å². The number of methoxy groups -OCH3 is 1. The number of halogens is 2. The predicted molar refractivity (Wildman–Crippen MR) is 111 cm³/mol. The number of benzene rings is 2. The molecule has 1 aliphatic heterocycles. The van der Waals surface area contributed by atoms with Crippen molar-refractivity contribution >= 4 is 5.91 Å². The number of piperidine rings is 1. The van der Waals surface area contributed by atoms with Crippen molar-refractivity contribution in [2.75, 3.05) is 26.8 Å². The molecule has 1 aliphatic rings. The zero-order valence-electron chi connectivity index (χ0n) is 17.2. The van der Waals surface area contributed by atoms with Crippen LogP contribution in [0.5, 0.6) is 11.5 Å². The quantitative estimate of drug-likeness (QED) is 0.628. The van der Waals surface area contributed by atoms with Crippen LogP contribution in [0, 0.1) is 11.6 Å². The van der Waals surface area contributed by atoms with Crippen LogP contribution in [0.25, 0.3) is 0 Å². The van der Waals surface area contributed by atoms with Crippen molar-refractivity contribution in [1.29, 1.82) is 0 Å². The number of ether oxygens (including phenoxy) is 2. The fraction of sp³-hybridized carbons (Fsp3) is 0.435. The van der Waals surface area contributed by atoms with Crippen molar-refractivity contribution in [3.05, 3.63) is 59.7 Å². The van der Waals surface area contributed by atoms with E-state index in [9.17, 15) is 13.6 Å². The molecule has 3 rings (SSSR count). The van der Waals surface area contributed by atoms with Gasteiger partial charge in [0.05, 0.1) is 13.7 Å². The lowest BCUT2D eigenvalue weighted by Crippen LogP contribution is -2.44. The van der Waals surface area contributed by atoms with Crippen LogP contribution in [0.1, 0.15) is 31.2 Å². The minimum atomic E-state index is -0.397. The summed E-state index contributed by atoms with van der Waals surface area (Å²) in [5.74, 6) is -0.300. The van der Waals surface area contributed by atoms with Crippen LogP contribution in [0.3, 0.4) is 0 Å². The van der Waals surface area contributed by atoms with Crippen molar-refractivity contribution in [3.8, 4) is 11.5 Å². The Balaban J connectivity index is 1.32. The average molecular weight is 418 g/mol. The number of likely N-dealkylation sites (tertiary alicyclic amines) is 1. The third-order valence-corrected chi connectivity index (χ3v) is 5.22. The normalized spacial score (nSPS) is 15.0. The van der Waals surface area contributed by atoms with Crippen molar-refractivity contribution in [3.63, 3.8) is 0 Å². The van der Waals surface area contributed by atoms with E-state index in [2.05, 4.69) is 10.2 Å². The van der Waals surface area contributed by atoms with E-state index in [0.717, 1.165) is 31.5 Å². The van der Waals surface area contributed by atoms with Crippen LogP contribution in [0.4, 0.5) is 8.78 Å². The van der Waals surface area contributed by atoms with Crippen LogP contribution >= 0.6 is 0 Å². The lowest BCUT2D eigenvalue weighted by atomic mass is 10.0. The van der Waals surface area contributed by atoms with Crippen LogP contribution in [0.2, 0.25) is 0 Å². The second-order valence-electron chi connectivity index (χ2n) is 7.47. The molecule has 1 amide bonds. The van der Waals surface area contributed by atoms with E-state index in [1.54, 1.807) is 24.3 Å². The smallest absolute Gasteiger partial charge is 0.220 e. The van der Waals surface area contributed by atoms with Gasteiger partial charge < -0.3 is 14.8 Å². The third-order valence-electron chi connectivity index (χ3n) is 5.22. The van der Waals surface area contributed by atoms with E-state index in [1.165, 1.54) is 19.2 Å². The molecule has 1 N–H and O–H groups in total. The second kappa shape index (κ2) is 10.9. The maximum absolute atomic E-state index is 13.8. The molecule has 30 heavy (non-hydrogen) atoms. The Morgan fingerprint density at radius 2 is 1.87 bits per heavy atom. The maximum atomic E-state index is 13.8. The van der Waals surface area contributed by atoms with Crippen molar-refractivity contribution in [2.24, 2.45) is 0 Å². The van der Waals surface area contributed by atoms with Crippen LogP contribution in [-0.4, -0.2) is 43.7 Å². The molecule has 0 aromatic heterocycles. The predicted octanol–water partition coefficient (Wildman–Crippen LogP) is 3.91. The van der Waals surface area contributed by atoms with E-state index in [0.29, 0.717) is 26.0 Å². The molecule has 2 aromatic carbocycles. The molecule has 162 valence electrons. The molecule has 0 unspecified atom stereocenters. The Morgan fingerprint density at radius 1 is 1.10 bits per heavy atom. The van der Waals surface area contributed by atoms with Gasteiger partial charge in [0.15, 0.2) is 23.1 Å². The highest BCUT2D eigenvalue weighted by molar-refractivity contribution is 5.76. The number of carbonyl (C=O) groups is 1. The Morgan fingerprint density at radius 3 is 2.57 bits per heavy atom. The van der Waals surface area contributed by atoms with Crippen LogP contribution in [0.15, 0.2) is 42.5 Å². The zero-order valence-corrected chi connectivity index (χ0v) is 17.2. The molecule has 1 fully saturated rings. The van der Waals surface area contributed by atoms with Gasteiger partial charge in [-0.3, -0.25) is 9.69 Å². The van der Waals surface area contributed by atoms with Gasteiger partial charge in [0.25, 0.3) is 0 Å². The molecule has 0 aliphatic carbocycles. The van der Waals surface area contributed by atoms with Crippen molar-refractivity contribution in [2.45, 2.75) is 38.3 Å². The lowest BCUT2D eigenvalue weighted by molar-refractivity contribution is -0.122. The summed E-state index contributed by atoms with van der Waals surface area (Å²) in [5, 5.41) is 3.07. The molecule has 7 heteroatoms. The van der Waals surface area contributed by atoms with Gasteiger partial charge >= 0.3 is 0 Å². The third kappa shape index (κ3) is 6.42. The molecule has 2 aromatic rings. The minimum Gasteiger partial charge on any atom is -0.494 e. The number of amides is 1. The van der Waals surface area contributed by atoms with Gasteiger partial charge in [0.1, 0.15) is 0 Å². The van der Waals surface area contributed by atoms with Gasteiger partial charge in [-0.05, 0) is 49.1 Å². The first-order chi connectivity index (χ1) is 14.5. The summed E-state index contributed by atoms with van der Waals surface area (Å²) >= 11 is 0. The molecule has 1 saturated heterocycles. The van der Waals surface area contributed by atoms with Crippen LogP contribution in [-0.2, 0) is 11.3 Å². The SMILES string of the molecule is COc1ccc(CN2CCC(NC(=O)CCCOc3ccccc3F)CC2)cc1F. The minimum absolute atomic E-state index is 0.0113. The number of nitrogens with zero attached hydrogens (tertiary/aromatic N) is 1. The first-order valence-corrected chi connectivity index (χ1v) is 10.3. The number of rotatable bonds is 9. The Labute approximate surface area is 176 Å². The first kappa shape index (κ1) is 22.0. The fourth-order valence-corrected chi connectivity index (χ4v) is 3.58. The summed E-state index contributed by atoms with van der Waals surface area (Å²) in [6.07, 6.45) is 2.59. The highest BCUT2D eigenvalue weighted by atomic mass is 19.1. The lowest BCUT2D eigenvalue weighted by Gasteiger charge is -2.32. The molecule has 5 nitrogen and oxygen atoms in total. The maximum Gasteiger partial charge on any atom is 0.220 e. The molecule has 0 atom stereocenters. The van der Waals surface area contributed by atoms with Crippen molar-refractivity contribution in [1.82, 2.24) is 10.2 Å². The molecule has 0 saturated carbocycles. The van der Waals surface area contributed by atoms with Gasteiger partial charge in [0.2, 0.25) is 5.91 Å². The van der Waals surface area contributed by atoms with E-state index in [1.807, 2.05) is 6.07 Å². The molecule has 1 heterocycles. The van der Waals surface area contributed by atoms with Crippen LogP contribution < -0.4 is 14.8 Å². The van der Waals surface area contributed by atoms with Crippen molar-refractivity contribution < 1.29 is 23.0 Å². The number of para-hydroxylation sites is 1. The molecule has 0 bridgehead atoms. The number of hydrogen-bond acceptors (Lipinski definition) is 4. The highest BCUT2D eigenvalue weighted by Crippen LogP contribution is 2.20. The van der Waals surface area contributed by atoms with Gasteiger partial charge in [-0.1, -0.05) is 18.2 Å². The molecule has 0 radical (unpaired) electrons. The number of hydrogen-bond donors (Lipinski definition) is 1. The van der Waals surface area contributed by atoms with Gasteiger partial charge in [0, 0.05) is 32.1 Å². The summed E-state index contributed by atoms with van der Waals surface area (Å²) in [7, 11) is 1.45. The summed E-state index contributed by atoms with van der Waals surface area (Å²) in [6, 6.07) is 11.4. The van der Waals surface area contributed by atoms with Gasteiger partial charge in [-0.2, -0.15) is 0 Å².